The minimum atomic E-state index is -0.372. The molecule has 0 aromatic carbocycles. The molecule has 8 nitrogen and oxygen atoms in total. The summed E-state index contributed by atoms with van der Waals surface area (Å²) in [4.78, 5) is 16.5. The smallest absolute Gasteiger partial charge is 0.179 e. The molecule has 0 bridgehead atoms. The molecule has 156 valence electrons. The van der Waals surface area contributed by atoms with Crippen molar-refractivity contribution < 1.29 is 8.81 Å². The quantitative estimate of drug-likeness (QED) is 0.417. The molecular weight excluding hydrogens is 397 g/mol. The summed E-state index contributed by atoms with van der Waals surface area (Å²) in [6.45, 7) is 0.235. The number of aromatic amines is 1. The molecule has 0 radical (unpaired) electrons. The molecule has 31 heavy (non-hydrogen) atoms. The summed E-state index contributed by atoms with van der Waals surface area (Å²) in [6.07, 6.45) is 9.95. The van der Waals surface area contributed by atoms with Crippen LogP contribution in [-0.4, -0.2) is 29.7 Å². The minimum Gasteiger partial charge on any atom is -0.469 e. The summed E-state index contributed by atoms with van der Waals surface area (Å²) in [5.74, 6) is 1.35. The van der Waals surface area contributed by atoms with Crippen LogP contribution in [0.3, 0.4) is 0 Å². The normalized spacial score (nSPS) is 11.3. The highest BCUT2D eigenvalue weighted by Gasteiger charge is 2.12. The first-order chi connectivity index (χ1) is 15.2. The van der Waals surface area contributed by atoms with Gasteiger partial charge in [0.25, 0.3) is 0 Å². The zero-order valence-electron chi connectivity index (χ0n) is 16.8. The number of nitrogens with zero attached hydrogens (tertiary/aromatic N) is 5. The van der Waals surface area contributed by atoms with Gasteiger partial charge >= 0.3 is 0 Å². The van der Waals surface area contributed by atoms with E-state index in [1.807, 2.05) is 31.4 Å². The highest BCUT2D eigenvalue weighted by molar-refractivity contribution is 5.85. The van der Waals surface area contributed by atoms with Gasteiger partial charge in [0, 0.05) is 49.6 Å². The summed E-state index contributed by atoms with van der Waals surface area (Å²) < 4.78 is 21.7. The van der Waals surface area contributed by atoms with Crippen molar-refractivity contribution in [2.45, 2.75) is 19.4 Å². The van der Waals surface area contributed by atoms with Crippen molar-refractivity contribution in [1.29, 1.82) is 0 Å². The van der Waals surface area contributed by atoms with Gasteiger partial charge in [-0.3, -0.25) is 9.67 Å². The summed E-state index contributed by atoms with van der Waals surface area (Å²) >= 11 is 0. The Morgan fingerprint density at radius 3 is 2.87 bits per heavy atom. The van der Waals surface area contributed by atoms with Crippen LogP contribution in [0.5, 0.6) is 0 Å². The zero-order chi connectivity index (χ0) is 21.2. The Hall–Kier alpha value is -4.01. The van der Waals surface area contributed by atoms with Gasteiger partial charge in [0.15, 0.2) is 5.65 Å². The molecule has 0 unspecified atom stereocenters. The molecule has 0 aliphatic heterocycles. The van der Waals surface area contributed by atoms with Gasteiger partial charge in [0.05, 0.1) is 30.4 Å². The number of rotatable bonds is 7. The van der Waals surface area contributed by atoms with Crippen LogP contribution >= 0.6 is 0 Å². The number of imidazole rings is 1. The van der Waals surface area contributed by atoms with Crippen LogP contribution in [-0.2, 0) is 26.4 Å². The Labute approximate surface area is 177 Å². The fourth-order valence-corrected chi connectivity index (χ4v) is 3.42. The lowest BCUT2D eigenvalue weighted by Crippen LogP contribution is -2.05. The lowest BCUT2D eigenvalue weighted by molar-refractivity contribution is 0.507. The van der Waals surface area contributed by atoms with E-state index in [0.717, 1.165) is 34.8 Å². The van der Waals surface area contributed by atoms with Gasteiger partial charge in [-0.15, -0.1) is 0 Å². The molecule has 0 spiro atoms. The Morgan fingerprint density at radius 1 is 1.16 bits per heavy atom. The van der Waals surface area contributed by atoms with E-state index in [0.29, 0.717) is 23.3 Å². The number of anilines is 1. The zero-order valence-corrected chi connectivity index (χ0v) is 16.8. The van der Waals surface area contributed by atoms with Crippen molar-refractivity contribution in [1.82, 2.24) is 29.7 Å². The van der Waals surface area contributed by atoms with E-state index in [-0.39, 0.29) is 12.4 Å². The first-order valence-electron chi connectivity index (χ1n) is 9.89. The maximum absolute atomic E-state index is 14.6. The number of fused-ring (bicyclic) bond motifs is 1. The van der Waals surface area contributed by atoms with E-state index < -0.39 is 0 Å². The number of halogens is 1. The third-order valence-corrected chi connectivity index (χ3v) is 5.03. The monoisotopic (exact) mass is 417 g/mol. The molecule has 5 aromatic heterocycles. The Morgan fingerprint density at radius 2 is 2.10 bits per heavy atom. The summed E-state index contributed by atoms with van der Waals surface area (Å²) in [7, 11) is 1.82. The van der Waals surface area contributed by atoms with Crippen molar-refractivity contribution in [3.63, 3.8) is 0 Å². The fourth-order valence-electron chi connectivity index (χ4n) is 3.42. The van der Waals surface area contributed by atoms with Gasteiger partial charge in [-0.2, -0.15) is 5.10 Å². The molecule has 2 N–H and O–H groups in total. The third kappa shape index (κ3) is 4.02. The van der Waals surface area contributed by atoms with E-state index in [9.17, 15) is 4.39 Å². The van der Waals surface area contributed by atoms with Gasteiger partial charge in [-0.25, -0.2) is 14.4 Å². The molecule has 0 atom stereocenters. The van der Waals surface area contributed by atoms with Crippen molar-refractivity contribution in [2.24, 2.45) is 7.05 Å². The number of aromatic nitrogens is 6. The van der Waals surface area contributed by atoms with Crippen molar-refractivity contribution in [3.8, 4) is 11.1 Å². The topological polar surface area (TPSA) is 97.5 Å². The average Bonchev–Trinajstić information content (AvgIpc) is 3.52. The molecule has 0 amide bonds. The number of hydrogen-bond donors (Lipinski definition) is 2. The van der Waals surface area contributed by atoms with Crippen LogP contribution in [0, 0.1) is 5.82 Å². The van der Waals surface area contributed by atoms with Crippen LogP contribution in [0.25, 0.3) is 22.3 Å². The Balaban J connectivity index is 1.31. The van der Waals surface area contributed by atoms with Crippen LogP contribution in [0.1, 0.15) is 17.3 Å². The number of furan rings is 1. The van der Waals surface area contributed by atoms with Crippen LogP contribution < -0.4 is 5.32 Å². The second-order valence-corrected chi connectivity index (χ2v) is 7.23. The van der Waals surface area contributed by atoms with Crippen molar-refractivity contribution in [2.75, 3.05) is 5.32 Å². The molecule has 9 heteroatoms. The van der Waals surface area contributed by atoms with Crippen LogP contribution in [0.4, 0.5) is 10.1 Å². The molecule has 0 fully saturated rings. The summed E-state index contributed by atoms with van der Waals surface area (Å²) in [6, 6.07) is 7.12. The van der Waals surface area contributed by atoms with Gasteiger partial charge in [0.1, 0.15) is 22.9 Å². The Bertz CT molecular complexity index is 1320. The highest BCUT2D eigenvalue weighted by atomic mass is 19.1. The first kappa shape index (κ1) is 19.0. The van der Waals surface area contributed by atoms with Crippen molar-refractivity contribution >= 4 is 16.9 Å². The third-order valence-electron chi connectivity index (χ3n) is 5.03. The fraction of sp³-hybridized carbons (Fsp3) is 0.182. The number of aryl methyl sites for hydroxylation is 3. The molecule has 0 aliphatic rings. The van der Waals surface area contributed by atoms with E-state index in [1.165, 1.54) is 6.07 Å². The number of nitrogens with one attached hydrogen (secondary N) is 2. The molecule has 0 saturated heterocycles. The Kier molecular flexibility index (Phi) is 4.91. The number of pyridine rings is 2. The SMILES string of the molecule is Cn1cc(-c2cnc(CNc3ccnc4nc(CCc5ccco5)[nH]c34)c(F)c2)cn1. The standard InChI is InChI=1S/C22H20FN7O/c1-30-13-15(11-27-30)14-9-17(23)19(25-10-14)12-26-18-6-7-24-22-21(18)28-20(29-22)5-4-16-3-2-8-31-16/h2-3,6-11,13H,4-5,12H2,1H3,(H2,24,26,28,29). The minimum absolute atomic E-state index is 0.235. The van der Waals surface area contributed by atoms with E-state index in [4.69, 9.17) is 4.42 Å². The van der Waals surface area contributed by atoms with E-state index in [2.05, 4.69) is 30.4 Å². The first-order valence-corrected chi connectivity index (χ1v) is 9.89. The van der Waals surface area contributed by atoms with Crippen molar-refractivity contribution in [3.05, 3.63) is 78.4 Å². The molecule has 5 rings (SSSR count). The van der Waals surface area contributed by atoms with Gasteiger partial charge in [-0.1, -0.05) is 0 Å². The molecular formula is C22H20FN7O. The maximum atomic E-state index is 14.6. The highest BCUT2D eigenvalue weighted by Crippen LogP contribution is 2.23. The molecule has 0 aliphatic carbocycles. The molecule has 5 aromatic rings. The molecule has 0 saturated carbocycles. The van der Waals surface area contributed by atoms with E-state index in [1.54, 1.807) is 29.5 Å². The second-order valence-electron chi connectivity index (χ2n) is 7.23. The predicted molar refractivity (Wildman–Crippen MR) is 114 cm³/mol. The predicted octanol–water partition coefficient (Wildman–Crippen LogP) is 3.88. The summed E-state index contributed by atoms with van der Waals surface area (Å²) in [5, 5.41) is 7.36. The van der Waals surface area contributed by atoms with Crippen LogP contribution in [0.15, 0.2) is 59.7 Å². The number of H-pyrrole nitrogens is 1. The number of hydrogen-bond acceptors (Lipinski definition) is 6. The largest absolute Gasteiger partial charge is 0.469 e. The lowest BCUT2D eigenvalue weighted by atomic mass is 10.1. The lowest BCUT2D eigenvalue weighted by Gasteiger charge is -2.08. The van der Waals surface area contributed by atoms with Gasteiger partial charge in [0.2, 0.25) is 0 Å². The van der Waals surface area contributed by atoms with E-state index >= 15 is 0 Å². The maximum Gasteiger partial charge on any atom is 0.179 e. The summed E-state index contributed by atoms with van der Waals surface area (Å²) in [5.41, 5.74) is 4.03. The van der Waals surface area contributed by atoms with Gasteiger partial charge in [-0.05, 0) is 24.3 Å². The average molecular weight is 417 g/mol. The second kappa shape index (κ2) is 8.02. The molecule has 5 heterocycles. The van der Waals surface area contributed by atoms with Crippen LogP contribution in [0.2, 0.25) is 0 Å². The van der Waals surface area contributed by atoms with Gasteiger partial charge < -0.3 is 14.7 Å².